The summed E-state index contributed by atoms with van der Waals surface area (Å²) in [5.74, 6) is 1.77. The molecule has 2 aromatic rings. The van der Waals surface area contributed by atoms with E-state index in [1.807, 2.05) is 25.3 Å². The molecular formula is C15H17N5O. The minimum Gasteiger partial charge on any atom is -0.380 e. The van der Waals surface area contributed by atoms with Gasteiger partial charge in [-0.05, 0) is 19.1 Å². The standard InChI is InChI=1S/C15H17N5O/c1-10-11(8-16)3-4-14(19-10)20-9-12(21-2)7-13(20)15-17-5-6-18-15/h3-6,12-13H,7,9H2,1-2H3,(H,17,18)/t12-,13?/m1/s1. The molecule has 1 aliphatic heterocycles. The molecule has 108 valence electrons. The third kappa shape index (κ3) is 2.48. The molecule has 0 aromatic carbocycles. The Kier molecular flexibility index (Phi) is 3.59. The van der Waals surface area contributed by atoms with Crippen LogP contribution in [0, 0.1) is 18.3 Å². The molecule has 3 rings (SSSR count). The Labute approximate surface area is 123 Å². The number of nitrogens with one attached hydrogen (secondary N) is 1. The van der Waals surface area contributed by atoms with Crippen molar-refractivity contribution < 1.29 is 4.74 Å². The first-order valence-corrected chi connectivity index (χ1v) is 6.89. The van der Waals surface area contributed by atoms with E-state index in [1.54, 1.807) is 13.3 Å². The number of aryl methyl sites for hydroxylation is 1. The lowest BCUT2D eigenvalue weighted by Crippen LogP contribution is -2.26. The zero-order valence-electron chi connectivity index (χ0n) is 12.1. The van der Waals surface area contributed by atoms with E-state index in [1.165, 1.54) is 0 Å². The SMILES string of the molecule is CO[C@@H]1CC(c2ncc[nH]2)N(c2ccc(C#N)c(C)n2)C1. The number of pyridine rings is 1. The first kappa shape index (κ1) is 13.6. The van der Waals surface area contributed by atoms with Crippen LogP contribution in [0.2, 0.25) is 0 Å². The third-order valence-electron chi connectivity index (χ3n) is 3.92. The minimum atomic E-state index is 0.116. The highest BCUT2D eigenvalue weighted by atomic mass is 16.5. The molecule has 1 fully saturated rings. The molecule has 0 amide bonds. The molecule has 2 atom stereocenters. The quantitative estimate of drug-likeness (QED) is 0.931. The first-order valence-electron chi connectivity index (χ1n) is 6.89. The monoisotopic (exact) mass is 283 g/mol. The fourth-order valence-corrected chi connectivity index (χ4v) is 2.77. The van der Waals surface area contributed by atoms with Crippen molar-refractivity contribution in [1.29, 1.82) is 5.26 Å². The van der Waals surface area contributed by atoms with Gasteiger partial charge in [-0.1, -0.05) is 0 Å². The minimum absolute atomic E-state index is 0.116. The number of hydrogen-bond donors (Lipinski definition) is 1. The van der Waals surface area contributed by atoms with Crippen molar-refractivity contribution in [2.45, 2.75) is 25.5 Å². The van der Waals surface area contributed by atoms with Crippen molar-refractivity contribution in [3.63, 3.8) is 0 Å². The lowest BCUT2D eigenvalue weighted by Gasteiger charge is -2.24. The summed E-state index contributed by atoms with van der Waals surface area (Å²) in [4.78, 5) is 14.3. The van der Waals surface area contributed by atoms with Crippen LogP contribution in [0.5, 0.6) is 0 Å². The molecule has 1 aliphatic rings. The van der Waals surface area contributed by atoms with Crippen molar-refractivity contribution in [2.75, 3.05) is 18.6 Å². The summed E-state index contributed by atoms with van der Waals surface area (Å²) >= 11 is 0. The van der Waals surface area contributed by atoms with E-state index in [-0.39, 0.29) is 12.1 Å². The molecule has 1 saturated heterocycles. The summed E-state index contributed by atoms with van der Waals surface area (Å²) in [7, 11) is 1.73. The summed E-state index contributed by atoms with van der Waals surface area (Å²) in [6.45, 7) is 2.62. The average molecular weight is 283 g/mol. The number of nitriles is 1. The number of anilines is 1. The fourth-order valence-electron chi connectivity index (χ4n) is 2.77. The number of ether oxygens (including phenoxy) is 1. The van der Waals surface area contributed by atoms with Crippen LogP contribution in [-0.2, 0) is 4.74 Å². The van der Waals surface area contributed by atoms with Gasteiger partial charge in [0.2, 0.25) is 0 Å². The third-order valence-corrected chi connectivity index (χ3v) is 3.92. The molecule has 3 heterocycles. The van der Waals surface area contributed by atoms with Gasteiger partial charge in [-0.25, -0.2) is 9.97 Å². The topological polar surface area (TPSA) is 77.8 Å². The van der Waals surface area contributed by atoms with Gasteiger partial charge < -0.3 is 14.6 Å². The number of nitrogens with zero attached hydrogens (tertiary/aromatic N) is 4. The van der Waals surface area contributed by atoms with Crippen molar-refractivity contribution in [1.82, 2.24) is 15.0 Å². The lowest BCUT2D eigenvalue weighted by molar-refractivity contribution is 0.118. The normalized spacial score (nSPS) is 21.5. The summed E-state index contributed by atoms with van der Waals surface area (Å²) in [6.07, 6.45) is 4.60. The van der Waals surface area contributed by atoms with Gasteiger partial charge >= 0.3 is 0 Å². The molecule has 0 saturated carbocycles. The maximum absolute atomic E-state index is 9.02. The number of hydrogen-bond acceptors (Lipinski definition) is 5. The molecule has 6 nitrogen and oxygen atoms in total. The second-order valence-corrected chi connectivity index (χ2v) is 5.15. The first-order chi connectivity index (χ1) is 10.2. The Bertz CT molecular complexity index is 661. The Morgan fingerprint density at radius 2 is 2.33 bits per heavy atom. The van der Waals surface area contributed by atoms with E-state index in [0.29, 0.717) is 5.56 Å². The van der Waals surface area contributed by atoms with Crippen LogP contribution in [0.1, 0.15) is 29.5 Å². The van der Waals surface area contributed by atoms with Gasteiger partial charge in [-0.3, -0.25) is 0 Å². The van der Waals surface area contributed by atoms with Crippen LogP contribution >= 0.6 is 0 Å². The highest BCUT2D eigenvalue weighted by molar-refractivity contribution is 5.47. The van der Waals surface area contributed by atoms with E-state index in [4.69, 9.17) is 10.00 Å². The van der Waals surface area contributed by atoms with Crippen LogP contribution in [0.15, 0.2) is 24.5 Å². The van der Waals surface area contributed by atoms with Gasteiger partial charge in [0.1, 0.15) is 17.7 Å². The Morgan fingerprint density at radius 3 is 2.95 bits per heavy atom. The number of imidazole rings is 1. The molecule has 1 unspecified atom stereocenters. The molecule has 0 bridgehead atoms. The maximum Gasteiger partial charge on any atom is 0.129 e. The van der Waals surface area contributed by atoms with Crippen LogP contribution < -0.4 is 4.90 Å². The van der Waals surface area contributed by atoms with E-state index in [9.17, 15) is 0 Å². The van der Waals surface area contributed by atoms with Crippen LogP contribution in [0.3, 0.4) is 0 Å². The summed E-state index contributed by atoms with van der Waals surface area (Å²) in [5.41, 5.74) is 1.35. The second-order valence-electron chi connectivity index (χ2n) is 5.15. The Balaban J connectivity index is 1.95. The van der Waals surface area contributed by atoms with E-state index >= 15 is 0 Å². The number of rotatable bonds is 3. The van der Waals surface area contributed by atoms with Crippen LogP contribution in [-0.4, -0.2) is 34.7 Å². The van der Waals surface area contributed by atoms with Crippen LogP contribution in [0.25, 0.3) is 0 Å². The predicted molar refractivity (Wildman–Crippen MR) is 77.8 cm³/mol. The fraction of sp³-hybridized carbons (Fsp3) is 0.400. The highest BCUT2D eigenvalue weighted by Crippen LogP contribution is 2.35. The Morgan fingerprint density at radius 1 is 1.48 bits per heavy atom. The maximum atomic E-state index is 9.02. The van der Waals surface area contributed by atoms with Gasteiger partial charge in [0.05, 0.1) is 23.4 Å². The van der Waals surface area contributed by atoms with Gasteiger partial charge in [-0.2, -0.15) is 5.26 Å². The number of H-pyrrole nitrogens is 1. The largest absolute Gasteiger partial charge is 0.380 e. The molecule has 6 heteroatoms. The van der Waals surface area contributed by atoms with Crippen LogP contribution in [0.4, 0.5) is 5.82 Å². The molecular weight excluding hydrogens is 266 g/mol. The molecule has 21 heavy (non-hydrogen) atoms. The number of aromatic nitrogens is 3. The summed E-state index contributed by atoms with van der Waals surface area (Å²) < 4.78 is 5.50. The summed E-state index contributed by atoms with van der Waals surface area (Å²) in [5, 5.41) is 9.02. The molecule has 0 aliphatic carbocycles. The smallest absolute Gasteiger partial charge is 0.129 e. The van der Waals surface area contributed by atoms with Gasteiger partial charge in [0.15, 0.2) is 0 Å². The van der Waals surface area contributed by atoms with Gasteiger partial charge in [-0.15, -0.1) is 0 Å². The molecule has 0 radical (unpaired) electrons. The lowest BCUT2D eigenvalue weighted by atomic mass is 10.2. The number of methoxy groups -OCH3 is 1. The van der Waals surface area contributed by atoms with Gasteiger partial charge in [0.25, 0.3) is 0 Å². The van der Waals surface area contributed by atoms with E-state index < -0.39 is 0 Å². The average Bonchev–Trinajstić information content (AvgIpc) is 3.15. The predicted octanol–water partition coefficient (Wildman–Crippen LogP) is 1.95. The second kappa shape index (κ2) is 5.54. The van der Waals surface area contributed by atoms with E-state index in [2.05, 4.69) is 25.9 Å². The molecule has 0 spiro atoms. The summed E-state index contributed by atoms with van der Waals surface area (Å²) in [6, 6.07) is 5.97. The number of aromatic amines is 1. The molecule has 2 aromatic heterocycles. The van der Waals surface area contributed by atoms with Crippen molar-refractivity contribution in [3.05, 3.63) is 41.6 Å². The van der Waals surface area contributed by atoms with E-state index in [0.717, 1.165) is 30.3 Å². The zero-order valence-corrected chi connectivity index (χ0v) is 12.1. The molecule has 1 N–H and O–H groups in total. The zero-order chi connectivity index (χ0) is 14.8. The Hall–Kier alpha value is -2.39. The van der Waals surface area contributed by atoms with Crippen molar-refractivity contribution >= 4 is 5.82 Å². The van der Waals surface area contributed by atoms with Crippen molar-refractivity contribution in [2.24, 2.45) is 0 Å². The highest BCUT2D eigenvalue weighted by Gasteiger charge is 2.35. The van der Waals surface area contributed by atoms with Gasteiger partial charge in [0, 0.05) is 32.5 Å². The van der Waals surface area contributed by atoms with Crippen molar-refractivity contribution in [3.8, 4) is 6.07 Å².